The summed E-state index contributed by atoms with van der Waals surface area (Å²) in [5.74, 6) is 4.10. The first-order valence-corrected chi connectivity index (χ1v) is 15.3. The molecule has 1 heterocycles. The highest BCUT2D eigenvalue weighted by Gasteiger charge is 2.65. The van der Waals surface area contributed by atoms with Gasteiger partial charge in [0, 0.05) is 30.6 Å². The molecule has 0 radical (unpaired) electrons. The molecule has 1 aromatic carbocycles. The Morgan fingerprint density at radius 1 is 1.05 bits per heavy atom. The average molecular weight is 565 g/mol. The molecule has 0 amide bonds. The van der Waals surface area contributed by atoms with E-state index < -0.39 is 17.0 Å². The van der Waals surface area contributed by atoms with Gasteiger partial charge >= 0.3 is 6.18 Å². The first kappa shape index (κ1) is 28.2. The number of ketones is 1. The van der Waals surface area contributed by atoms with Crippen LogP contribution in [-0.2, 0) is 4.79 Å². The van der Waals surface area contributed by atoms with Gasteiger partial charge in [-0.1, -0.05) is 41.8 Å². The summed E-state index contributed by atoms with van der Waals surface area (Å²) < 4.78 is 40.2. The molecule has 2 saturated carbocycles. The zero-order chi connectivity index (χ0) is 29.0. The number of benzene rings is 1. The molecule has 0 spiro atoms. The number of hydrogen-bond acceptors (Lipinski definition) is 4. The summed E-state index contributed by atoms with van der Waals surface area (Å²) in [4.78, 5) is 27.1. The van der Waals surface area contributed by atoms with Crippen LogP contribution in [0.25, 0.3) is 0 Å². The Kier molecular flexibility index (Phi) is 7.19. The fourth-order valence-corrected chi connectivity index (χ4v) is 9.31. The predicted molar refractivity (Wildman–Crippen MR) is 154 cm³/mol. The van der Waals surface area contributed by atoms with Gasteiger partial charge in [0.25, 0.3) is 0 Å². The summed E-state index contributed by atoms with van der Waals surface area (Å²) in [6, 6.07) is 8.49. The number of carbonyl (C=O) groups excluding carboxylic acids is 1. The van der Waals surface area contributed by atoms with E-state index in [2.05, 4.69) is 40.3 Å². The molecular weight excluding hydrogens is 525 g/mol. The van der Waals surface area contributed by atoms with Crippen LogP contribution in [-0.4, -0.2) is 31.1 Å². The topological polar surface area (TPSA) is 49.7 Å². The molecule has 5 aliphatic rings. The third-order valence-corrected chi connectivity index (χ3v) is 11.2. The maximum Gasteiger partial charge on any atom is 0.457 e. The van der Waals surface area contributed by atoms with Crippen molar-refractivity contribution in [3.63, 3.8) is 0 Å². The van der Waals surface area contributed by atoms with Gasteiger partial charge in [0.15, 0.2) is 0 Å². The van der Waals surface area contributed by atoms with Crippen molar-refractivity contribution in [3.05, 3.63) is 57.5 Å². The fraction of sp³-hybridized carbons (Fsp3) is 0.618. The molecule has 218 valence electrons. The molecule has 41 heavy (non-hydrogen) atoms. The Labute approximate surface area is 240 Å². The van der Waals surface area contributed by atoms with Crippen molar-refractivity contribution < 1.29 is 18.0 Å². The van der Waals surface area contributed by atoms with Crippen molar-refractivity contribution in [1.29, 1.82) is 0 Å². The second-order valence-electron chi connectivity index (χ2n) is 13.2. The molecule has 7 heteroatoms. The maximum atomic E-state index is 13.4. The number of carbonyl (C=O) groups is 1. The number of Topliss-reactive ketones (excluding diaryl/α,β-unsaturated/α-hetero) is 1. The zero-order valence-corrected chi connectivity index (χ0v) is 24.0. The van der Waals surface area contributed by atoms with E-state index in [9.17, 15) is 22.9 Å². The number of halogens is 3. The lowest BCUT2D eigenvalue weighted by Gasteiger charge is -2.54. The minimum absolute atomic E-state index is 0.0133. The van der Waals surface area contributed by atoms with Crippen LogP contribution in [0.5, 0.6) is 0 Å². The molecule has 3 fully saturated rings. The van der Waals surface area contributed by atoms with E-state index in [1.54, 1.807) is 0 Å². The summed E-state index contributed by atoms with van der Waals surface area (Å²) in [5, 5.41) is 3.32. The molecule has 1 saturated heterocycles. The molecule has 0 aromatic heterocycles. The average Bonchev–Trinajstić information content (AvgIpc) is 3.28. The third-order valence-electron chi connectivity index (χ3n) is 11.2. The van der Waals surface area contributed by atoms with Crippen LogP contribution in [0.1, 0.15) is 89.5 Å². The Hall–Kier alpha value is -2.88. The monoisotopic (exact) mass is 564 g/mol. The van der Waals surface area contributed by atoms with Crippen LogP contribution < -0.4 is 4.90 Å². The smallest absolute Gasteiger partial charge is 0.372 e. The van der Waals surface area contributed by atoms with Crippen LogP contribution in [0.15, 0.2) is 52.2 Å². The lowest BCUT2D eigenvalue weighted by atomic mass is 9.48. The molecular formula is C34H39F3N2O2. The van der Waals surface area contributed by atoms with Crippen molar-refractivity contribution >= 4 is 11.5 Å². The van der Waals surface area contributed by atoms with Crippen LogP contribution in [0.4, 0.5) is 18.9 Å². The normalized spacial score (nSPS) is 35.0. The van der Waals surface area contributed by atoms with Gasteiger partial charge in [0.2, 0.25) is 0 Å². The highest BCUT2D eigenvalue weighted by atomic mass is 19.4. The lowest BCUT2D eigenvalue weighted by molar-refractivity contribution is -0.130. The summed E-state index contributed by atoms with van der Waals surface area (Å²) in [7, 11) is 0. The highest BCUT2D eigenvalue weighted by molar-refractivity contribution is 5.87. The van der Waals surface area contributed by atoms with Crippen LogP contribution >= 0.6 is 0 Å². The second-order valence-corrected chi connectivity index (χ2v) is 13.2. The number of anilines is 1. The number of rotatable bonds is 4. The van der Waals surface area contributed by atoms with Crippen molar-refractivity contribution in [1.82, 2.24) is 0 Å². The number of alkyl halides is 3. The van der Waals surface area contributed by atoms with E-state index >= 15 is 0 Å². The summed E-state index contributed by atoms with van der Waals surface area (Å²) >= 11 is 0. The minimum Gasteiger partial charge on any atom is -0.372 e. The van der Waals surface area contributed by atoms with E-state index in [1.807, 2.05) is 13.0 Å². The zero-order valence-electron chi connectivity index (χ0n) is 24.0. The predicted octanol–water partition coefficient (Wildman–Crippen LogP) is 8.28. The summed E-state index contributed by atoms with van der Waals surface area (Å²) in [6.45, 7) is 5.59. The largest absolute Gasteiger partial charge is 0.457 e. The summed E-state index contributed by atoms with van der Waals surface area (Å²) in [5.41, 5.74) is 4.31. The van der Waals surface area contributed by atoms with Crippen LogP contribution in [0.2, 0.25) is 0 Å². The first-order valence-electron chi connectivity index (χ1n) is 15.3. The number of piperidine rings is 1. The molecule has 1 aromatic rings. The number of fused-ring (bicyclic) bond motifs is 4. The van der Waals surface area contributed by atoms with Crippen molar-refractivity contribution in [2.75, 3.05) is 18.0 Å². The quantitative estimate of drug-likeness (QED) is 0.273. The van der Waals surface area contributed by atoms with Crippen molar-refractivity contribution in [2.24, 2.45) is 27.8 Å². The van der Waals surface area contributed by atoms with Gasteiger partial charge in [0.05, 0.1) is 5.41 Å². The Balaban J connectivity index is 1.47. The molecule has 0 bridgehead atoms. The Morgan fingerprint density at radius 2 is 1.78 bits per heavy atom. The molecule has 4 aliphatic carbocycles. The number of nitroso groups, excluding NO2 is 1. The standard InChI is InChI=1S/C34H39F3N2O2/c1-22(40)33(16-17-34(35,36)37)15-14-30-28-12-8-24-20-25(38-41)9-13-27(24)31(28)29(21-32(30,33)2)23-6-10-26(11-7-23)39-18-4-3-5-19-39/h6-7,10-11,20,25,28-30H,3-5,8-9,12-15,18-19,21H2,1-2H3/t25?,28-,29?,30-,32-,33-/m0/s1. The van der Waals surface area contributed by atoms with Gasteiger partial charge in [-0.25, -0.2) is 0 Å². The molecule has 6 rings (SSSR count). The van der Waals surface area contributed by atoms with Crippen molar-refractivity contribution in [2.45, 2.75) is 96.2 Å². The fourth-order valence-electron chi connectivity index (χ4n) is 9.31. The molecule has 2 unspecified atom stereocenters. The Morgan fingerprint density at radius 3 is 2.44 bits per heavy atom. The minimum atomic E-state index is -4.64. The van der Waals surface area contributed by atoms with Crippen molar-refractivity contribution in [3.8, 4) is 11.8 Å². The van der Waals surface area contributed by atoms with E-state index in [1.165, 1.54) is 54.5 Å². The maximum absolute atomic E-state index is 13.4. The number of hydrogen-bond donors (Lipinski definition) is 0. The third kappa shape index (κ3) is 4.76. The molecule has 0 N–H and O–H groups in total. The van der Waals surface area contributed by atoms with E-state index in [0.717, 1.165) is 37.9 Å². The van der Waals surface area contributed by atoms with Gasteiger partial charge in [-0.05, 0) is 117 Å². The van der Waals surface area contributed by atoms with E-state index in [4.69, 9.17) is 0 Å². The first-order chi connectivity index (χ1) is 19.6. The van der Waals surface area contributed by atoms with Gasteiger partial charge in [-0.3, -0.25) is 4.79 Å². The van der Waals surface area contributed by atoms with Gasteiger partial charge in [0.1, 0.15) is 11.8 Å². The van der Waals surface area contributed by atoms with Gasteiger partial charge in [-0.15, -0.1) is 0 Å². The lowest BCUT2D eigenvalue weighted by Crippen LogP contribution is -2.50. The summed E-state index contributed by atoms with van der Waals surface area (Å²) in [6.07, 6.45) is 5.91. The van der Waals surface area contributed by atoms with E-state index in [-0.39, 0.29) is 29.6 Å². The Bertz CT molecular complexity index is 1340. The molecule has 4 nitrogen and oxygen atoms in total. The molecule has 1 aliphatic heterocycles. The van der Waals surface area contributed by atoms with Crippen LogP contribution in [0.3, 0.4) is 0 Å². The van der Waals surface area contributed by atoms with Gasteiger partial charge < -0.3 is 4.90 Å². The van der Waals surface area contributed by atoms with Crippen LogP contribution in [0, 0.1) is 39.4 Å². The SMILES string of the molecule is CC(=O)[C@@]1(C#CC(F)(F)F)CC[C@H]2[C@@H]3CCC4=CC(N=O)CCC4=C3C(c3ccc(N4CCCCC4)cc3)C[C@@]21C. The highest BCUT2D eigenvalue weighted by Crippen LogP contribution is 2.69. The molecule has 6 atom stereocenters. The number of nitrogens with zero attached hydrogens (tertiary/aromatic N) is 2. The van der Waals surface area contributed by atoms with E-state index in [0.29, 0.717) is 25.7 Å². The van der Waals surface area contributed by atoms with Gasteiger partial charge in [-0.2, -0.15) is 18.1 Å². The number of allylic oxidation sites excluding steroid dienone is 3. The second kappa shape index (κ2) is 10.4.